The Balaban J connectivity index is 4.41. The Morgan fingerprint density at radius 2 is 1.82 bits per heavy atom. The maximum Gasteiger partial charge on any atom is 0.471 e. The number of ether oxygens (including phenoxy) is 1. The van der Waals surface area contributed by atoms with Crippen molar-refractivity contribution in [1.82, 2.24) is 4.90 Å². The van der Waals surface area contributed by atoms with E-state index in [0.29, 0.717) is 11.3 Å². The molecule has 0 rings (SSSR count). The van der Waals surface area contributed by atoms with Gasteiger partial charge in [0.05, 0.1) is 6.10 Å². The molecule has 17 heavy (non-hydrogen) atoms. The number of nitrogens with zero attached hydrogens (tertiary/aromatic N) is 1. The van der Waals surface area contributed by atoms with E-state index in [2.05, 4.69) is 0 Å². The molecule has 100 valence electrons. The SMILES string of the molecule is CCC(C)OC(=O)CN(CC)C(=O)C(F)(F)F. The molecule has 0 aromatic heterocycles. The summed E-state index contributed by atoms with van der Waals surface area (Å²) in [7, 11) is 0. The number of carbonyl (C=O) groups excluding carboxylic acids is 2. The van der Waals surface area contributed by atoms with Crippen LogP contribution in [-0.4, -0.2) is 42.1 Å². The predicted molar refractivity (Wildman–Crippen MR) is 54.2 cm³/mol. The molecule has 0 N–H and O–H groups in total. The molecule has 0 aliphatic rings. The zero-order chi connectivity index (χ0) is 13.6. The zero-order valence-electron chi connectivity index (χ0n) is 10.0. The van der Waals surface area contributed by atoms with Crippen molar-refractivity contribution in [3.63, 3.8) is 0 Å². The molecule has 0 aliphatic heterocycles. The van der Waals surface area contributed by atoms with E-state index in [9.17, 15) is 22.8 Å². The van der Waals surface area contributed by atoms with Crippen molar-refractivity contribution >= 4 is 11.9 Å². The van der Waals surface area contributed by atoms with Gasteiger partial charge >= 0.3 is 18.1 Å². The van der Waals surface area contributed by atoms with E-state index in [1.165, 1.54) is 6.92 Å². The summed E-state index contributed by atoms with van der Waals surface area (Å²) in [5.41, 5.74) is 0. The third kappa shape index (κ3) is 5.55. The highest BCUT2D eigenvalue weighted by Crippen LogP contribution is 2.18. The summed E-state index contributed by atoms with van der Waals surface area (Å²) in [6.07, 6.45) is -4.78. The Morgan fingerprint density at radius 3 is 2.18 bits per heavy atom. The molecule has 1 atom stereocenters. The van der Waals surface area contributed by atoms with Gasteiger partial charge in [0, 0.05) is 6.54 Å². The molecule has 0 aliphatic carbocycles. The monoisotopic (exact) mass is 255 g/mol. The van der Waals surface area contributed by atoms with Crippen LogP contribution < -0.4 is 0 Å². The topological polar surface area (TPSA) is 46.6 Å². The number of carbonyl (C=O) groups is 2. The Hall–Kier alpha value is -1.27. The van der Waals surface area contributed by atoms with Crippen molar-refractivity contribution in [2.45, 2.75) is 39.5 Å². The summed E-state index contributed by atoms with van der Waals surface area (Å²) in [5.74, 6) is -2.86. The van der Waals surface area contributed by atoms with Gasteiger partial charge in [-0.3, -0.25) is 9.59 Å². The molecule has 0 aromatic carbocycles. The molecule has 0 aromatic rings. The second-order valence-electron chi connectivity index (χ2n) is 3.53. The smallest absolute Gasteiger partial charge is 0.461 e. The van der Waals surface area contributed by atoms with Gasteiger partial charge in [-0.15, -0.1) is 0 Å². The van der Waals surface area contributed by atoms with Crippen molar-refractivity contribution in [1.29, 1.82) is 0 Å². The predicted octanol–water partition coefficient (Wildman–Crippen LogP) is 1.74. The summed E-state index contributed by atoms with van der Waals surface area (Å²) < 4.78 is 41.2. The number of halogens is 3. The molecule has 0 fully saturated rings. The molecule has 4 nitrogen and oxygen atoms in total. The van der Waals surface area contributed by atoms with Gasteiger partial charge in [-0.1, -0.05) is 6.92 Å². The minimum Gasteiger partial charge on any atom is -0.461 e. The van der Waals surface area contributed by atoms with E-state index in [1.54, 1.807) is 13.8 Å². The lowest BCUT2D eigenvalue weighted by molar-refractivity contribution is -0.187. The van der Waals surface area contributed by atoms with Crippen LogP contribution in [0.5, 0.6) is 0 Å². The molecule has 0 spiro atoms. The van der Waals surface area contributed by atoms with Crippen LogP contribution in [0.15, 0.2) is 0 Å². The quantitative estimate of drug-likeness (QED) is 0.703. The van der Waals surface area contributed by atoms with E-state index in [1.807, 2.05) is 0 Å². The molecule has 0 radical (unpaired) electrons. The average Bonchev–Trinajstić information content (AvgIpc) is 2.23. The van der Waals surface area contributed by atoms with Gasteiger partial charge in [0.2, 0.25) is 0 Å². The van der Waals surface area contributed by atoms with Crippen LogP contribution in [0.4, 0.5) is 13.2 Å². The van der Waals surface area contributed by atoms with Gasteiger partial charge in [-0.2, -0.15) is 13.2 Å². The zero-order valence-corrected chi connectivity index (χ0v) is 10.0. The van der Waals surface area contributed by atoms with E-state index in [0.717, 1.165) is 0 Å². The molecular weight excluding hydrogens is 239 g/mol. The Morgan fingerprint density at radius 1 is 1.29 bits per heavy atom. The van der Waals surface area contributed by atoms with Gasteiger partial charge in [0.1, 0.15) is 6.54 Å². The van der Waals surface area contributed by atoms with Gasteiger partial charge in [-0.25, -0.2) is 0 Å². The molecular formula is C10H16F3NO3. The molecule has 1 amide bonds. The summed E-state index contributed by atoms with van der Waals surface area (Å²) in [4.78, 5) is 22.5. The summed E-state index contributed by atoms with van der Waals surface area (Å²) in [6.45, 7) is 3.88. The minimum absolute atomic E-state index is 0.200. The van der Waals surface area contributed by atoms with Crippen molar-refractivity contribution in [2.75, 3.05) is 13.1 Å². The van der Waals surface area contributed by atoms with Gasteiger partial charge in [0.15, 0.2) is 0 Å². The van der Waals surface area contributed by atoms with Crippen molar-refractivity contribution in [3.8, 4) is 0 Å². The first-order valence-electron chi connectivity index (χ1n) is 5.27. The van der Waals surface area contributed by atoms with Crippen LogP contribution in [0.1, 0.15) is 27.2 Å². The average molecular weight is 255 g/mol. The fraction of sp³-hybridized carbons (Fsp3) is 0.800. The number of rotatable bonds is 5. The first-order valence-corrected chi connectivity index (χ1v) is 5.27. The number of amides is 1. The lowest BCUT2D eigenvalue weighted by Crippen LogP contribution is -2.44. The minimum atomic E-state index is -4.97. The fourth-order valence-corrected chi connectivity index (χ4v) is 1.01. The van der Waals surface area contributed by atoms with E-state index >= 15 is 0 Å². The van der Waals surface area contributed by atoms with Crippen molar-refractivity contribution in [2.24, 2.45) is 0 Å². The van der Waals surface area contributed by atoms with E-state index in [-0.39, 0.29) is 12.6 Å². The third-order valence-electron chi connectivity index (χ3n) is 2.14. The van der Waals surface area contributed by atoms with Crippen LogP contribution in [0.2, 0.25) is 0 Å². The largest absolute Gasteiger partial charge is 0.471 e. The molecule has 1 unspecified atom stereocenters. The van der Waals surface area contributed by atoms with Crippen LogP contribution in [0, 0.1) is 0 Å². The molecule has 7 heteroatoms. The van der Waals surface area contributed by atoms with E-state index in [4.69, 9.17) is 4.74 Å². The normalized spacial score (nSPS) is 13.1. The van der Waals surface area contributed by atoms with Crippen molar-refractivity contribution < 1.29 is 27.5 Å². The Bertz CT molecular complexity index is 278. The lowest BCUT2D eigenvalue weighted by Gasteiger charge is -2.21. The second kappa shape index (κ2) is 6.46. The maximum absolute atomic E-state index is 12.1. The summed E-state index contributed by atoms with van der Waals surface area (Å²) in [5, 5.41) is 0. The number of esters is 1. The highest BCUT2D eigenvalue weighted by molar-refractivity contribution is 5.85. The molecule has 0 saturated carbocycles. The first-order chi connectivity index (χ1) is 7.72. The first kappa shape index (κ1) is 15.7. The van der Waals surface area contributed by atoms with Crippen molar-refractivity contribution in [3.05, 3.63) is 0 Å². The van der Waals surface area contributed by atoms with Crippen LogP contribution in [-0.2, 0) is 14.3 Å². The van der Waals surface area contributed by atoms with Gasteiger partial charge < -0.3 is 9.64 Å². The number of alkyl halides is 3. The van der Waals surface area contributed by atoms with Crippen LogP contribution in [0.3, 0.4) is 0 Å². The highest BCUT2D eigenvalue weighted by atomic mass is 19.4. The third-order valence-corrected chi connectivity index (χ3v) is 2.14. The molecule has 0 heterocycles. The number of hydrogen-bond acceptors (Lipinski definition) is 3. The molecule has 0 saturated heterocycles. The number of likely N-dealkylation sites (N-methyl/N-ethyl adjacent to an activating group) is 1. The summed E-state index contributed by atoms with van der Waals surface area (Å²) >= 11 is 0. The standard InChI is InChI=1S/C10H16F3NO3/c1-4-7(3)17-8(15)6-14(5-2)9(16)10(11,12)13/h7H,4-6H2,1-3H3. The highest BCUT2D eigenvalue weighted by Gasteiger charge is 2.42. The van der Waals surface area contributed by atoms with E-state index < -0.39 is 24.6 Å². The van der Waals surface area contributed by atoms with Gasteiger partial charge in [0.25, 0.3) is 0 Å². The lowest BCUT2D eigenvalue weighted by atomic mass is 10.3. The maximum atomic E-state index is 12.1. The Labute approximate surface area is 97.7 Å². The van der Waals surface area contributed by atoms with Crippen LogP contribution >= 0.6 is 0 Å². The fourth-order valence-electron chi connectivity index (χ4n) is 1.01. The van der Waals surface area contributed by atoms with Crippen LogP contribution in [0.25, 0.3) is 0 Å². The van der Waals surface area contributed by atoms with Gasteiger partial charge in [-0.05, 0) is 20.3 Å². The molecule has 0 bridgehead atoms. The second-order valence-corrected chi connectivity index (χ2v) is 3.53. The summed E-state index contributed by atoms with van der Waals surface area (Å²) in [6, 6.07) is 0. The number of hydrogen-bond donors (Lipinski definition) is 0. The Kier molecular flexibility index (Phi) is 5.98.